The van der Waals surface area contributed by atoms with Crippen molar-refractivity contribution in [1.82, 2.24) is 4.90 Å². The van der Waals surface area contributed by atoms with Crippen molar-refractivity contribution in [2.24, 2.45) is 5.73 Å². The van der Waals surface area contributed by atoms with E-state index < -0.39 is 0 Å². The molecule has 1 heterocycles. The van der Waals surface area contributed by atoms with Gasteiger partial charge in [0.15, 0.2) is 0 Å². The predicted octanol–water partition coefficient (Wildman–Crippen LogP) is 3.91. The minimum absolute atomic E-state index is 0.168. The van der Waals surface area contributed by atoms with Gasteiger partial charge < -0.3 is 16.0 Å². The summed E-state index contributed by atoms with van der Waals surface area (Å²) < 4.78 is 0. The van der Waals surface area contributed by atoms with Crippen LogP contribution in [0.4, 0.5) is 11.4 Å². The summed E-state index contributed by atoms with van der Waals surface area (Å²) in [5.74, 6) is -0.0621. The average molecular weight is 429 g/mol. The summed E-state index contributed by atoms with van der Waals surface area (Å²) in [6.45, 7) is 4.49. The number of nitrogens with one attached hydrogen (secondary N) is 1. The van der Waals surface area contributed by atoms with Crippen molar-refractivity contribution in [1.29, 1.82) is 0 Å². The Kier molecular flexibility index (Phi) is 7.07. The van der Waals surface area contributed by atoms with Crippen molar-refractivity contribution < 1.29 is 4.79 Å². The van der Waals surface area contributed by atoms with Gasteiger partial charge in [0.2, 0.25) is 5.91 Å². The molecule has 5 nitrogen and oxygen atoms in total. The fourth-order valence-corrected chi connectivity index (χ4v) is 4.49. The fraction of sp³-hybridized carbons (Fsp3) is 0.296. The van der Waals surface area contributed by atoms with Crippen LogP contribution in [0.1, 0.15) is 29.0 Å². The molecule has 3 aromatic carbocycles. The molecule has 5 heteroatoms. The lowest BCUT2D eigenvalue weighted by atomic mass is 9.84. The number of anilines is 2. The van der Waals surface area contributed by atoms with Crippen LogP contribution in [0.5, 0.6) is 0 Å². The molecule has 1 aliphatic heterocycles. The van der Waals surface area contributed by atoms with E-state index in [0.717, 1.165) is 38.4 Å². The van der Waals surface area contributed by atoms with Gasteiger partial charge in [-0.05, 0) is 34.9 Å². The molecule has 0 unspecified atom stereocenters. The lowest BCUT2D eigenvalue weighted by molar-refractivity contribution is -0.118. The Hall–Kier alpha value is -3.31. The van der Waals surface area contributed by atoms with Crippen molar-refractivity contribution in [3.63, 3.8) is 0 Å². The third-order valence-corrected chi connectivity index (χ3v) is 6.24. The van der Waals surface area contributed by atoms with Gasteiger partial charge in [-0.2, -0.15) is 0 Å². The van der Waals surface area contributed by atoms with E-state index >= 15 is 0 Å². The molecule has 1 saturated heterocycles. The van der Waals surface area contributed by atoms with Gasteiger partial charge in [-0.3, -0.25) is 9.69 Å². The summed E-state index contributed by atoms with van der Waals surface area (Å²) >= 11 is 0. The number of primary amides is 1. The number of carbonyl (C=O) groups is 1. The van der Waals surface area contributed by atoms with Gasteiger partial charge in [0, 0.05) is 63.5 Å². The first-order chi connectivity index (χ1) is 15.6. The molecule has 0 atom stereocenters. The summed E-state index contributed by atoms with van der Waals surface area (Å²) in [4.78, 5) is 15.9. The molecule has 0 spiro atoms. The Morgan fingerprint density at radius 1 is 0.875 bits per heavy atom. The van der Waals surface area contributed by atoms with Crippen LogP contribution in [0.3, 0.4) is 0 Å². The Bertz CT molecular complexity index is 975. The van der Waals surface area contributed by atoms with Crippen molar-refractivity contribution in [3.8, 4) is 0 Å². The second-order valence-corrected chi connectivity index (χ2v) is 8.36. The zero-order valence-corrected chi connectivity index (χ0v) is 18.7. The number of nitrogens with two attached hydrogens (primary N) is 1. The lowest BCUT2D eigenvalue weighted by Gasteiger charge is -2.36. The fourth-order valence-electron chi connectivity index (χ4n) is 4.49. The van der Waals surface area contributed by atoms with Crippen molar-refractivity contribution >= 4 is 17.3 Å². The van der Waals surface area contributed by atoms with Crippen LogP contribution in [-0.2, 0) is 4.79 Å². The average Bonchev–Trinajstić information content (AvgIpc) is 2.84. The summed E-state index contributed by atoms with van der Waals surface area (Å²) in [7, 11) is 1.98. The Morgan fingerprint density at radius 3 is 2.00 bits per heavy atom. The zero-order valence-electron chi connectivity index (χ0n) is 18.7. The molecule has 3 aromatic rings. The number of benzene rings is 3. The SMILES string of the molecule is CNc1cc(C(c2ccccc2)c2ccccc2)cc(N2CCN(CCC(N)=O)CC2)c1. The standard InChI is InChI=1S/C27H32N4O/c1-29-24-18-23(27(21-8-4-2-5-9-21)22-10-6-3-7-11-22)19-25(20-24)31-16-14-30(15-17-31)13-12-26(28)32/h2-11,18-20,27,29H,12-17H2,1H3,(H2,28,32). The maximum Gasteiger partial charge on any atom is 0.218 e. The van der Waals surface area contributed by atoms with Crippen molar-refractivity contribution in [2.75, 3.05) is 50.0 Å². The Balaban J connectivity index is 1.63. The highest BCUT2D eigenvalue weighted by molar-refractivity contribution is 5.73. The van der Waals surface area contributed by atoms with Gasteiger partial charge in [0.25, 0.3) is 0 Å². The number of rotatable bonds is 8. The van der Waals surface area contributed by atoms with E-state index in [4.69, 9.17) is 5.73 Å². The first kappa shape index (κ1) is 21.9. The molecule has 1 fully saturated rings. The predicted molar refractivity (Wildman–Crippen MR) is 132 cm³/mol. The van der Waals surface area contributed by atoms with E-state index in [0.29, 0.717) is 6.42 Å². The van der Waals surface area contributed by atoms with Crippen LogP contribution in [0, 0.1) is 0 Å². The lowest BCUT2D eigenvalue weighted by Crippen LogP contribution is -2.47. The molecule has 166 valence electrons. The summed E-state index contributed by atoms with van der Waals surface area (Å²) in [5, 5.41) is 3.36. The summed E-state index contributed by atoms with van der Waals surface area (Å²) in [5.41, 5.74) is 11.5. The highest BCUT2D eigenvalue weighted by Crippen LogP contribution is 2.36. The molecule has 0 aromatic heterocycles. The molecule has 0 saturated carbocycles. The molecule has 0 bridgehead atoms. The second-order valence-electron chi connectivity index (χ2n) is 8.36. The third kappa shape index (κ3) is 5.29. The largest absolute Gasteiger partial charge is 0.388 e. The van der Waals surface area contributed by atoms with Gasteiger partial charge in [-0.1, -0.05) is 60.7 Å². The van der Waals surface area contributed by atoms with Crippen LogP contribution < -0.4 is 16.0 Å². The molecular weight excluding hydrogens is 396 g/mol. The first-order valence-corrected chi connectivity index (χ1v) is 11.3. The van der Waals surface area contributed by atoms with E-state index in [-0.39, 0.29) is 11.8 Å². The molecule has 0 aliphatic carbocycles. The van der Waals surface area contributed by atoms with E-state index in [9.17, 15) is 4.79 Å². The minimum Gasteiger partial charge on any atom is -0.388 e. The maximum atomic E-state index is 11.1. The molecule has 4 rings (SSSR count). The van der Waals surface area contributed by atoms with Crippen LogP contribution in [0.25, 0.3) is 0 Å². The van der Waals surface area contributed by atoms with Crippen LogP contribution in [0.2, 0.25) is 0 Å². The molecule has 1 aliphatic rings. The number of piperazine rings is 1. The van der Waals surface area contributed by atoms with E-state index in [1.807, 2.05) is 7.05 Å². The van der Waals surface area contributed by atoms with Gasteiger partial charge in [0.05, 0.1) is 0 Å². The van der Waals surface area contributed by atoms with Crippen molar-refractivity contribution in [2.45, 2.75) is 12.3 Å². The number of amides is 1. The third-order valence-electron chi connectivity index (χ3n) is 6.24. The number of hydrogen-bond donors (Lipinski definition) is 2. The number of carbonyl (C=O) groups excluding carboxylic acids is 1. The van der Waals surface area contributed by atoms with Gasteiger partial charge in [0.1, 0.15) is 0 Å². The van der Waals surface area contributed by atoms with Gasteiger partial charge in [-0.15, -0.1) is 0 Å². The minimum atomic E-state index is -0.230. The summed E-state index contributed by atoms with van der Waals surface area (Å²) in [6.07, 6.45) is 0.426. The first-order valence-electron chi connectivity index (χ1n) is 11.3. The summed E-state index contributed by atoms with van der Waals surface area (Å²) in [6, 6.07) is 28.2. The Morgan fingerprint density at radius 2 is 1.47 bits per heavy atom. The van der Waals surface area contributed by atoms with E-state index in [2.05, 4.69) is 94.0 Å². The van der Waals surface area contributed by atoms with Crippen LogP contribution >= 0.6 is 0 Å². The van der Waals surface area contributed by atoms with Crippen LogP contribution in [-0.4, -0.2) is 50.6 Å². The van der Waals surface area contributed by atoms with Gasteiger partial charge in [-0.25, -0.2) is 0 Å². The second kappa shape index (κ2) is 10.3. The van der Waals surface area contributed by atoms with Crippen molar-refractivity contribution in [3.05, 3.63) is 95.6 Å². The molecule has 3 N–H and O–H groups in total. The van der Waals surface area contributed by atoms with Crippen LogP contribution in [0.15, 0.2) is 78.9 Å². The van der Waals surface area contributed by atoms with E-state index in [1.165, 1.54) is 22.4 Å². The smallest absolute Gasteiger partial charge is 0.218 e. The number of hydrogen-bond acceptors (Lipinski definition) is 4. The molecule has 0 radical (unpaired) electrons. The number of nitrogens with zero attached hydrogens (tertiary/aromatic N) is 2. The highest BCUT2D eigenvalue weighted by atomic mass is 16.1. The maximum absolute atomic E-state index is 11.1. The quantitative estimate of drug-likeness (QED) is 0.534. The highest BCUT2D eigenvalue weighted by Gasteiger charge is 2.21. The normalized spacial score (nSPS) is 14.5. The van der Waals surface area contributed by atoms with Gasteiger partial charge >= 0.3 is 0 Å². The topological polar surface area (TPSA) is 61.6 Å². The molecule has 1 amide bonds. The van der Waals surface area contributed by atoms with E-state index in [1.54, 1.807) is 0 Å². The molecule has 32 heavy (non-hydrogen) atoms. The monoisotopic (exact) mass is 428 g/mol. The Labute approximate surface area is 190 Å². The molecular formula is C27H32N4O. The zero-order chi connectivity index (χ0) is 22.3.